The molecular weight excluding hydrogens is 399 g/mol. The normalized spacial score (nSPS) is 15.5. The fraction of sp³-hybridized carbons (Fsp3) is 0.417. The van der Waals surface area contributed by atoms with E-state index in [9.17, 15) is 14.0 Å². The summed E-state index contributed by atoms with van der Waals surface area (Å²) in [7, 11) is 0. The number of halogens is 1. The number of para-hydroxylation sites is 1. The number of rotatable bonds is 7. The third-order valence-electron chi connectivity index (χ3n) is 5.35. The Labute approximate surface area is 182 Å². The number of piperidine rings is 1. The minimum Gasteiger partial charge on any atom is -0.410 e. The van der Waals surface area contributed by atoms with Crippen molar-refractivity contribution in [2.24, 2.45) is 5.92 Å². The van der Waals surface area contributed by atoms with Gasteiger partial charge in [-0.1, -0.05) is 18.2 Å². The van der Waals surface area contributed by atoms with Gasteiger partial charge in [0.15, 0.2) is 0 Å². The lowest BCUT2D eigenvalue weighted by Gasteiger charge is -2.36. The van der Waals surface area contributed by atoms with E-state index < -0.39 is 0 Å². The molecular formula is C24H29FN2O4. The molecule has 2 aromatic rings. The molecule has 3 rings (SSSR count). The molecule has 166 valence electrons. The molecule has 7 heteroatoms. The third kappa shape index (κ3) is 6.79. The van der Waals surface area contributed by atoms with Crippen LogP contribution in [-0.4, -0.2) is 48.7 Å². The molecule has 1 heterocycles. The first-order valence-corrected chi connectivity index (χ1v) is 10.6. The van der Waals surface area contributed by atoms with Crippen LogP contribution < -0.4 is 10.1 Å². The Morgan fingerprint density at radius 1 is 1.06 bits per heavy atom. The monoisotopic (exact) mass is 428 g/mol. The lowest BCUT2D eigenvalue weighted by atomic mass is 9.89. The van der Waals surface area contributed by atoms with Crippen molar-refractivity contribution in [3.05, 3.63) is 66.0 Å². The first-order valence-electron chi connectivity index (χ1n) is 10.6. The first kappa shape index (κ1) is 22.7. The highest BCUT2D eigenvalue weighted by Gasteiger charge is 2.31. The predicted octanol–water partition coefficient (Wildman–Crippen LogP) is 4.26. The van der Waals surface area contributed by atoms with Crippen molar-refractivity contribution in [1.29, 1.82) is 0 Å². The second-order valence-corrected chi connectivity index (χ2v) is 7.97. The van der Waals surface area contributed by atoms with E-state index in [2.05, 4.69) is 5.32 Å². The van der Waals surface area contributed by atoms with Crippen LogP contribution in [0.3, 0.4) is 0 Å². The van der Waals surface area contributed by atoms with Gasteiger partial charge in [-0.3, -0.25) is 4.79 Å². The molecule has 2 aromatic carbocycles. The highest BCUT2D eigenvalue weighted by atomic mass is 19.1. The first-order chi connectivity index (χ1) is 14.9. The molecule has 1 aliphatic rings. The van der Waals surface area contributed by atoms with Gasteiger partial charge < -0.3 is 19.7 Å². The summed E-state index contributed by atoms with van der Waals surface area (Å²) in [4.78, 5) is 26.8. The van der Waals surface area contributed by atoms with Gasteiger partial charge >= 0.3 is 6.09 Å². The SMILES string of the molecule is CC(C)OCC(NC(=O)c1ccc(F)cc1)C1CCN(C(=O)Oc2ccccc2)CC1. The number of likely N-dealkylation sites (tertiary alicyclic amines) is 1. The van der Waals surface area contributed by atoms with E-state index in [0.717, 1.165) is 12.8 Å². The lowest BCUT2D eigenvalue weighted by molar-refractivity contribution is 0.0354. The van der Waals surface area contributed by atoms with Crippen molar-refractivity contribution in [1.82, 2.24) is 10.2 Å². The van der Waals surface area contributed by atoms with Gasteiger partial charge in [-0.15, -0.1) is 0 Å². The Balaban J connectivity index is 1.58. The van der Waals surface area contributed by atoms with Crippen LogP contribution >= 0.6 is 0 Å². The van der Waals surface area contributed by atoms with Crippen molar-refractivity contribution in [3.63, 3.8) is 0 Å². The molecule has 0 radical (unpaired) electrons. The average molecular weight is 429 g/mol. The summed E-state index contributed by atoms with van der Waals surface area (Å²) in [6, 6.07) is 14.3. The van der Waals surface area contributed by atoms with Crippen LogP contribution in [0, 0.1) is 11.7 Å². The largest absolute Gasteiger partial charge is 0.415 e. The average Bonchev–Trinajstić information content (AvgIpc) is 2.77. The number of hydrogen-bond donors (Lipinski definition) is 1. The van der Waals surface area contributed by atoms with E-state index in [1.54, 1.807) is 17.0 Å². The topological polar surface area (TPSA) is 67.9 Å². The van der Waals surface area contributed by atoms with Crippen molar-refractivity contribution >= 4 is 12.0 Å². The zero-order valence-corrected chi connectivity index (χ0v) is 17.9. The van der Waals surface area contributed by atoms with Crippen LogP contribution in [0.2, 0.25) is 0 Å². The summed E-state index contributed by atoms with van der Waals surface area (Å²) >= 11 is 0. The minimum absolute atomic E-state index is 0.0335. The molecule has 1 N–H and O–H groups in total. The second-order valence-electron chi connectivity index (χ2n) is 7.97. The van der Waals surface area contributed by atoms with Crippen LogP contribution in [0.25, 0.3) is 0 Å². The number of carbonyl (C=O) groups is 2. The van der Waals surface area contributed by atoms with Gasteiger partial charge in [0.1, 0.15) is 11.6 Å². The Morgan fingerprint density at radius 3 is 2.32 bits per heavy atom. The fourth-order valence-electron chi connectivity index (χ4n) is 3.58. The zero-order chi connectivity index (χ0) is 22.2. The number of nitrogens with one attached hydrogen (secondary N) is 1. The molecule has 1 unspecified atom stereocenters. The van der Waals surface area contributed by atoms with Gasteiger partial charge in [0.05, 0.1) is 18.8 Å². The molecule has 6 nitrogen and oxygen atoms in total. The number of ether oxygens (including phenoxy) is 2. The van der Waals surface area contributed by atoms with Crippen LogP contribution in [0.4, 0.5) is 9.18 Å². The van der Waals surface area contributed by atoms with E-state index in [4.69, 9.17) is 9.47 Å². The summed E-state index contributed by atoms with van der Waals surface area (Å²) < 4.78 is 24.4. The van der Waals surface area contributed by atoms with Crippen LogP contribution in [0.5, 0.6) is 5.75 Å². The standard InChI is InChI=1S/C24H29FN2O4/c1-17(2)30-16-22(26-23(28)19-8-10-20(25)11-9-19)18-12-14-27(15-13-18)24(29)31-21-6-4-3-5-7-21/h3-11,17-18,22H,12-16H2,1-2H3,(H,26,28). The fourth-order valence-corrected chi connectivity index (χ4v) is 3.58. The smallest absolute Gasteiger partial charge is 0.410 e. The zero-order valence-electron chi connectivity index (χ0n) is 17.9. The Kier molecular flexibility index (Phi) is 8.00. The van der Waals surface area contributed by atoms with Gasteiger partial charge in [0.25, 0.3) is 5.91 Å². The van der Waals surface area contributed by atoms with Gasteiger partial charge in [-0.2, -0.15) is 0 Å². The summed E-state index contributed by atoms with van der Waals surface area (Å²) in [5.74, 6) is 0.0302. The summed E-state index contributed by atoms with van der Waals surface area (Å²) in [6.45, 7) is 5.35. The molecule has 0 bridgehead atoms. The molecule has 1 fully saturated rings. The molecule has 1 atom stereocenters. The van der Waals surface area contributed by atoms with E-state index >= 15 is 0 Å². The number of amides is 2. The molecule has 0 spiro atoms. The number of carbonyl (C=O) groups excluding carboxylic acids is 2. The molecule has 2 amide bonds. The molecule has 0 aromatic heterocycles. The maximum absolute atomic E-state index is 13.2. The minimum atomic E-state index is -0.383. The highest BCUT2D eigenvalue weighted by molar-refractivity contribution is 5.94. The molecule has 0 aliphatic carbocycles. The number of benzene rings is 2. The Bertz CT molecular complexity index is 850. The third-order valence-corrected chi connectivity index (χ3v) is 5.35. The summed E-state index contributed by atoms with van der Waals surface area (Å²) in [5.41, 5.74) is 0.403. The van der Waals surface area contributed by atoms with Crippen molar-refractivity contribution in [3.8, 4) is 5.75 Å². The quantitative estimate of drug-likeness (QED) is 0.716. The highest BCUT2D eigenvalue weighted by Crippen LogP contribution is 2.23. The second kappa shape index (κ2) is 10.9. The number of nitrogens with zero attached hydrogens (tertiary/aromatic N) is 1. The maximum atomic E-state index is 13.2. The van der Waals surface area contributed by atoms with E-state index in [1.165, 1.54) is 24.3 Å². The van der Waals surface area contributed by atoms with Crippen molar-refractivity contribution < 1.29 is 23.5 Å². The number of hydrogen-bond acceptors (Lipinski definition) is 4. The van der Waals surface area contributed by atoms with E-state index in [0.29, 0.717) is 31.0 Å². The van der Waals surface area contributed by atoms with E-state index in [1.807, 2.05) is 32.0 Å². The molecule has 1 saturated heterocycles. The summed E-state index contributed by atoms with van der Waals surface area (Å²) in [5, 5.41) is 3.04. The van der Waals surface area contributed by atoms with Crippen LogP contribution in [0.15, 0.2) is 54.6 Å². The van der Waals surface area contributed by atoms with Crippen molar-refractivity contribution in [2.75, 3.05) is 19.7 Å². The van der Waals surface area contributed by atoms with Crippen LogP contribution in [0.1, 0.15) is 37.0 Å². The van der Waals surface area contributed by atoms with Crippen molar-refractivity contribution in [2.45, 2.75) is 38.8 Å². The van der Waals surface area contributed by atoms with Crippen LogP contribution in [-0.2, 0) is 4.74 Å². The molecule has 31 heavy (non-hydrogen) atoms. The van der Waals surface area contributed by atoms with Gasteiger partial charge in [0, 0.05) is 18.7 Å². The molecule has 0 saturated carbocycles. The summed E-state index contributed by atoms with van der Waals surface area (Å²) in [6.07, 6.45) is 1.11. The van der Waals surface area contributed by atoms with Gasteiger partial charge in [-0.05, 0) is 69.0 Å². The van der Waals surface area contributed by atoms with Gasteiger partial charge in [0.2, 0.25) is 0 Å². The Morgan fingerprint density at radius 2 is 1.71 bits per heavy atom. The lowest BCUT2D eigenvalue weighted by Crippen LogP contribution is -2.49. The maximum Gasteiger partial charge on any atom is 0.415 e. The van der Waals surface area contributed by atoms with E-state index in [-0.39, 0.29) is 35.9 Å². The predicted molar refractivity (Wildman–Crippen MR) is 116 cm³/mol. The Hall–Kier alpha value is -2.93. The van der Waals surface area contributed by atoms with Gasteiger partial charge in [-0.25, -0.2) is 9.18 Å². The molecule has 1 aliphatic heterocycles.